The predicted octanol–water partition coefficient (Wildman–Crippen LogP) is 3.04. The van der Waals surface area contributed by atoms with Crippen molar-refractivity contribution in [3.05, 3.63) is 47.0 Å². The molecule has 0 aliphatic heterocycles. The third-order valence-corrected chi connectivity index (χ3v) is 8.55. The smallest absolute Gasteiger partial charge is 0.268 e. The number of nitrogens with zero attached hydrogens (tertiary/aromatic N) is 5. The lowest BCUT2D eigenvalue weighted by Gasteiger charge is -2.37. The Balaban J connectivity index is 1.23. The van der Waals surface area contributed by atoms with Gasteiger partial charge in [0.05, 0.1) is 17.9 Å². The van der Waals surface area contributed by atoms with Gasteiger partial charge in [-0.3, -0.25) is 9.48 Å². The van der Waals surface area contributed by atoms with E-state index >= 15 is 0 Å². The Hall–Kier alpha value is -2.92. The highest BCUT2D eigenvalue weighted by atomic mass is 35.5. The van der Waals surface area contributed by atoms with Crippen molar-refractivity contribution in [2.24, 2.45) is 18.4 Å². The average Bonchev–Trinajstić information content (AvgIpc) is 3.36. The molecule has 0 bridgehead atoms. The van der Waals surface area contributed by atoms with Crippen molar-refractivity contribution in [1.82, 2.24) is 29.3 Å². The maximum Gasteiger partial charge on any atom is 0.268 e. The van der Waals surface area contributed by atoms with E-state index in [1.54, 1.807) is 26.2 Å². The normalized spacial score (nSPS) is 18.5. The monoisotopic (exact) mass is 504 g/mol. The predicted molar refractivity (Wildman–Crippen MR) is 123 cm³/mol. The minimum Gasteiger partial charge on any atom is -0.477 e. The van der Waals surface area contributed by atoms with Crippen molar-refractivity contribution >= 4 is 27.5 Å². The molecule has 1 N–H and O–H groups in total. The molecule has 2 aliphatic rings. The van der Waals surface area contributed by atoms with Crippen molar-refractivity contribution in [3.63, 3.8) is 0 Å². The van der Waals surface area contributed by atoms with Gasteiger partial charge in [0.25, 0.3) is 15.9 Å². The maximum absolute atomic E-state index is 12.6. The summed E-state index contributed by atoms with van der Waals surface area (Å²) in [5, 5.41) is 8.21. The first-order valence-corrected chi connectivity index (χ1v) is 13.0. The van der Waals surface area contributed by atoms with Gasteiger partial charge in [0.1, 0.15) is 10.0 Å². The molecule has 1 spiro atoms. The van der Waals surface area contributed by atoms with Crippen LogP contribution in [0.2, 0.25) is 5.15 Å². The number of pyridine rings is 1. The maximum atomic E-state index is 12.6. The van der Waals surface area contributed by atoms with Crippen LogP contribution in [-0.2, 0) is 17.1 Å². The van der Waals surface area contributed by atoms with Crippen molar-refractivity contribution < 1.29 is 17.9 Å². The van der Waals surface area contributed by atoms with E-state index < -0.39 is 15.9 Å². The van der Waals surface area contributed by atoms with Crippen LogP contribution in [-0.4, -0.2) is 45.5 Å². The summed E-state index contributed by atoms with van der Waals surface area (Å²) in [5.74, 6) is 0.751. The SMILES string of the molecule is Cc1nn(C)cc1S(=O)(=O)NC(=O)c1ccc(-n2ccc(OCCC3CCC34CC4)n2)nc1Cl. The van der Waals surface area contributed by atoms with Gasteiger partial charge < -0.3 is 4.74 Å². The molecule has 0 saturated heterocycles. The number of sulfonamides is 1. The first-order valence-electron chi connectivity index (χ1n) is 11.1. The zero-order valence-electron chi connectivity index (χ0n) is 18.9. The van der Waals surface area contributed by atoms with E-state index in [2.05, 4.69) is 15.2 Å². The van der Waals surface area contributed by atoms with E-state index in [-0.39, 0.29) is 21.3 Å². The number of ether oxygens (including phenoxy) is 1. The molecule has 0 aromatic carbocycles. The number of hydrogen-bond donors (Lipinski definition) is 1. The summed E-state index contributed by atoms with van der Waals surface area (Å²) in [7, 11) is -2.52. The number of halogens is 1. The number of hydrogen-bond acceptors (Lipinski definition) is 7. The largest absolute Gasteiger partial charge is 0.477 e. The standard InChI is InChI=1S/C22H25ClN6O4S/c1-14-17(13-28(2)25-14)34(31,32)27-21(30)16-3-4-18(24-20(16)23)29-11-6-19(26-29)33-12-7-15-5-8-22(15)9-10-22/h3-4,6,11,13,15H,5,7-10,12H2,1-2H3,(H,27,30). The number of nitrogens with one attached hydrogen (secondary N) is 1. The van der Waals surface area contributed by atoms with Crippen LogP contribution >= 0.6 is 11.6 Å². The summed E-state index contributed by atoms with van der Waals surface area (Å²) in [6, 6.07) is 4.68. The lowest BCUT2D eigenvalue weighted by Crippen LogP contribution is -2.31. The molecule has 12 heteroatoms. The van der Waals surface area contributed by atoms with E-state index in [1.165, 1.54) is 53.4 Å². The van der Waals surface area contributed by atoms with Gasteiger partial charge in [-0.2, -0.15) is 5.10 Å². The average molecular weight is 505 g/mol. The molecule has 3 aromatic heterocycles. The first kappa shape index (κ1) is 22.9. The van der Waals surface area contributed by atoms with Crippen molar-refractivity contribution in [2.75, 3.05) is 6.61 Å². The lowest BCUT2D eigenvalue weighted by molar-refractivity contribution is 0.0981. The molecular weight excluding hydrogens is 480 g/mol. The molecule has 1 amide bonds. The minimum atomic E-state index is -4.11. The Morgan fingerprint density at radius 1 is 1.26 bits per heavy atom. The summed E-state index contributed by atoms with van der Waals surface area (Å²) in [4.78, 5) is 16.7. The highest BCUT2D eigenvalue weighted by molar-refractivity contribution is 7.90. The molecule has 0 radical (unpaired) electrons. The molecule has 180 valence electrons. The molecule has 3 heterocycles. The molecule has 34 heavy (non-hydrogen) atoms. The fourth-order valence-electron chi connectivity index (χ4n) is 4.64. The summed E-state index contributed by atoms with van der Waals surface area (Å²) in [5.41, 5.74) is 0.834. The first-order chi connectivity index (χ1) is 16.2. The van der Waals surface area contributed by atoms with Crippen LogP contribution in [0.4, 0.5) is 0 Å². The highest BCUT2D eigenvalue weighted by Gasteiger charge is 2.54. The van der Waals surface area contributed by atoms with Crippen LogP contribution in [0.5, 0.6) is 5.88 Å². The number of carbonyl (C=O) groups excluding carboxylic acids is 1. The van der Waals surface area contributed by atoms with Crippen molar-refractivity contribution in [2.45, 2.75) is 43.9 Å². The molecule has 3 aromatic rings. The summed E-state index contributed by atoms with van der Waals surface area (Å²) in [6.45, 7) is 2.17. The van der Waals surface area contributed by atoms with E-state index in [0.29, 0.717) is 23.7 Å². The quantitative estimate of drug-likeness (QED) is 0.468. The van der Waals surface area contributed by atoms with E-state index in [0.717, 1.165) is 12.3 Å². The molecular formula is C22H25ClN6O4S. The lowest BCUT2D eigenvalue weighted by atomic mass is 9.69. The molecule has 10 nitrogen and oxygen atoms in total. The number of amides is 1. The fraction of sp³-hybridized carbons (Fsp3) is 0.455. The second-order valence-corrected chi connectivity index (χ2v) is 11.0. The Morgan fingerprint density at radius 2 is 2.06 bits per heavy atom. The summed E-state index contributed by atoms with van der Waals surface area (Å²) >= 11 is 6.21. The van der Waals surface area contributed by atoms with Crippen LogP contribution in [0.15, 0.2) is 35.5 Å². The number of carbonyl (C=O) groups is 1. The van der Waals surface area contributed by atoms with Gasteiger partial charge in [-0.1, -0.05) is 11.6 Å². The minimum absolute atomic E-state index is 0.0753. The van der Waals surface area contributed by atoms with E-state index in [1.807, 2.05) is 4.72 Å². The van der Waals surface area contributed by atoms with Crippen molar-refractivity contribution in [3.8, 4) is 11.7 Å². The fourth-order valence-corrected chi connectivity index (χ4v) is 6.06. The summed E-state index contributed by atoms with van der Waals surface area (Å²) < 4.78 is 35.8. The van der Waals surface area contributed by atoms with Gasteiger partial charge in [-0.05, 0) is 62.5 Å². The van der Waals surface area contributed by atoms with Crippen LogP contribution in [0.25, 0.3) is 5.82 Å². The van der Waals surface area contributed by atoms with Crippen LogP contribution < -0.4 is 9.46 Å². The molecule has 1 atom stereocenters. The molecule has 5 rings (SSSR count). The van der Waals surface area contributed by atoms with Gasteiger partial charge in [0.15, 0.2) is 5.82 Å². The third kappa shape index (κ3) is 4.29. The molecule has 2 aliphatic carbocycles. The van der Waals surface area contributed by atoms with E-state index in [9.17, 15) is 13.2 Å². The Morgan fingerprint density at radius 3 is 2.68 bits per heavy atom. The molecule has 2 fully saturated rings. The number of aryl methyl sites for hydroxylation is 2. The van der Waals surface area contributed by atoms with Gasteiger partial charge in [-0.25, -0.2) is 22.8 Å². The second kappa shape index (κ2) is 8.38. The van der Waals surface area contributed by atoms with Gasteiger partial charge in [0.2, 0.25) is 5.88 Å². The second-order valence-electron chi connectivity index (χ2n) is 9.03. The van der Waals surface area contributed by atoms with E-state index in [4.69, 9.17) is 16.3 Å². The molecule has 1 unspecified atom stereocenters. The highest BCUT2D eigenvalue weighted by Crippen LogP contribution is 2.65. The number of rotatable bonds is 8. The third-order valence-electron chi connectivity index (χ3n) is 6.83. The van der Waals surface area contributed by atoms with Crippen LogP contribution in [0.3, 0.4) is 0 Å². The zero-order valence-corrected chi connectivity index (χ0v) is 20.4. The Bertz CT molecular complexity index is 1360. The molecule has 2 saturated carbocycles. The van der Waals surface area contributed by atoms with Gasteiger partial charge in [0, 0.05) is 25.5 Å². The zero-order chi connectivity index (χ0) is 24.1. The van der Waals surface area contributed by atoms with Crippen molar-refractivity contribution in [1.29, 1.82) is 0 Å². The van der Waals surface area contributed by atoms with Crippen LogP contribution in [0, 0.1) is 18.3 Å². The Kier molecular flexibility index (Phi) is 5.64. The summed E-state index contributed by atoms with van der Waals surface area (Å²) in [6.07, 6.45) is 9.44. The number of aromatic nitrogens is 5. The van der Waals surface area contributed by atoms with Gasteiger partial charge in [-0.15, -0.1) is 5.10 Å². The van der Waals surface area contributed by atoms with Crippen LogP contribution in [0.1, 0.15) is 48.2 Å². The van der Waals surface area contributed by atoms with Gasteiger partial charge >= 0.3 is 0 Å². The topological polar surface area (TPSA) is 121 Å². The Labute approximate surface area is 202 Å².